The summed E-state index contributed by atoms with van der Waals surface area (Å²) in [4.78, 5) is 16.5. The molecule has 4 rings (SSSR count). The van der Waals surface area contributed by atoms with Crippen molar-refractivity contribution < 1.29 is 17.9 Å². The Labute approximate surface area is 197 Å². The second-order valence-electron chi connectivity index (χ2n) is 7.42. The molecule has 0 saturated heterocycles. The van der Waals surface area contributed by atoms with E-state index in [4.69, 9.17) is 4.74 Å². The number of benzene rings is 3. The Morgan fingerprint density at radius 3 is 2.35 bits per heavy atom. The van der Waals surface area contributed by atoms with Gasteiger partial charge in [0.1, 0.15) is 18.4 Å². The van der Waals surface area contributed by atoms with Gasteiger partial charge in [-0.2, -0.15) is 5.10 Å². The fourth-order valence-electron chi connectivity index (χ4n) is 3.27. The van der Waals surface area contributed by atoms with Crippen molar-refractivity contribution in [3.63, 3.8) is 0 Å². The summed E-state index contributed by atoms with van der Waals surface area (Å²) in [7, 11) is -2.37. The largest absolute Gasteiger partial charge is 0.495 e. The van der Waals surface area contributed by atoms with Crippen molar-refractivity contribution in [3.05, 3.63) is 102 Å². The number of methoxy groups -OCH3 is 1. The highest BCUT2D eigenvalue weighted by Gasteiger charge is 2.17. The van der Waals surface area contributed by atoms with E-state index < -0.39 is 10.0 Å². The first kappa shape index (κ1) is 23.0. The van der Waals surface area contributed by atoms with Gasteiger partial charge in [-0.05, 0) is 47.5 Å². The number of aromatic nitrogens is 3. The third-order valence-electron chi connectivity index (χ3n) is 5.07. The maximum absolute atomic E-state index is 12.7. The Hall–Kier alpha value is -4.18. The van der Waals surface area contributed by atoms with Crippen LogP contribution in [-0.2, 0) is 23.1 Å². The molecule has 0 spiro atoms. The number of amides is 1. The van der Waals surface area contributed by atoms with Crippen molar-refractivity contribution >= 4 is 21.6 Å². The average Bonchev–Trinajstić information content (AvgIpc) is 3.37. The van der Waals surface area contributed by atoms with Crippen LogP contribution < -0.4 is 14.8 Å². The standard InChI is InChI=1S/C24H23N5O4S/c1-33-23-5-3-2-4-22(23)28-34(31,32)21-12-10-20(11-13-21)24(30)26-14-18-6-8-19(9-7-18)15-29-17-25-16-27-29/h2-13,16-17,28H,14-15H2,1H3,(H,26,30). The number of carbonyl (C=O) groups excluding carboxylic acids is 1. The van der Waals surface area contributed by atoms with Gasteiger partial charge in [-0.15, -0.1) is 0 Å². The van der Waals surface area contributed by atoms with E-state index in [0.29, 0.717) is 30.1 Å². The zero-order valence-corrected chi connectivity index (χ0v) is 19.2. The van der Waals surface area contributed by atoms with E-state index in [2.05, 4.69) is 20.1 Å². The summed E-state index contributed by atoms with van der Waals surface area (Å²) >= 11 is 0. The van der Waals surface area contributed by atoms with Gasteiger partial charge in [-0.3, -0.25) is 9.52 Å². The molecule has 10 heteroatoms. The number of anilines is 1. The fraction of sp³-hybridized carbons (Fsp3) is 0.125. The van der Waals surface area contributed by atoms with Gasteiger partial charge in [0.2, 0.25) is 0 Å². The van der Waals surface area contributed by atoms with Crippen LogP contribution >= 0.6 is 0 Å². The first-order valence-corrected chi connectivity index (χ1v) is 11.9. The van der Waals surface area contributed by atoms with Gasteiger partial charge in [-0.25, -0.2) is 18.1 Å². The maximum Gasteiger partial charge on any atom is 0.262 e. The lowest BCUT2D eigenvalue weighted by Gasteiger charge is -2.12. The first-order chi connectivity index (χ1) is 16.4. The minimum absolute atomic E-state index is 0.0397. The molecule has 3 aromatic carbocycles. The minimum atomic E-state index is -3.84. The molecule has 0 saturated carbocycles. The number of sulfonamides is 1. The van der Waals surface area contributed by atoms with E-state index in [1.165, 1.54) is 37.7 Å². The highest BCUT2D eigenvalue weighted by molar-refractivity contribution is 7.92. The Morgan fingerprint density at radius 2 is 1.68 bits per heavy atom. The van der Waals surface area contributed by atoms with E-state index in [1.807, 2.05) is 24.3 Å². The van der Waals surface area contributed by atoms with Crippen LogP contribution in [0.15, 0.2) is 90.3 Å². The highest BCUT2D eigenvalue weighted by Crippen LogP contribution is 2.26. The Morgan fingerprint density at radius 1 is 0.971 bits per heavy atom. The van der Waals surface area contributed by atoms with Crippen LogP contribution in [0.25, 0.3) is 0 Å². The van der Waals surface area contributed by atoms with E-state index in [9.17, 15) is 13.2 Å². The second-order valence-corrected chi connectivity index (χ2v) is 9.10. The zero-order chi connectivity index (χ0) is 24.0. The molecule has 2 N–H and O–H groups in total. The average molecular weight is 478 g/mol. The molecule has 0 radical (unpaired) electrons. The number of ether oxygens (including phenoxy) is 1. The molecular formula is C24H23N5O4S. The first-order valence-electron chi connectivity index (χ1n) is 10.4. The van der Waals surface area contributed by atoms with Crippen molar-refractivity contribution in [2.45, 2.75) is 18.0 Å². The molecular weight excluding hydrogens is 454 g/mol. The molecule has 9 nitrogen and oxygen atoms in total. The number of nitrogens with one attached hydrogen (secondary N) is 2. The SMILES string of the molecule is COc1ccccc1NS(=O)(=O)c1ccc(C(=O)NCc2ccc(Cn3cncn3)cc2)cc1. The van der Waals surface area contributed by atoms with Gasteiger partial charge in [0.05, 0.1) is 24.2 Å². The molecule has 0 aliphatic carbocycles. The number of hydrogen-bond donors (Lipinski definition) is 2. The Balaban J connectivity index is 1.35. The quantitative estimate of drug-likeness (QED) is 0.383. The lowest BCUT2D eigenvalue weighted by atomic mass is 10.1. The molecule has 0 unspecified atom stereocenters. The third-order valence-corrected chi connectivity index (χ3v) is 6.45. The summed E-state index contributed by atoms with van der Waals surface area (Å²) in [5, 5.41) is 6.92. The lowest BCUT2D eigenvalue weighted by Crippen LogP contribution is -2.23. The van der Waals surface area contributed by atoms with Gasteiger partial charge in [0.15, 0.2) is 0 Å². The highest BCUT2D eigenvalue weighted by atomic mass is 32.2. The number of para-hydroxylation sites is 2. The summed E-state index contributed by atoms with van der Waals surface area (Å²) in [6.07, 6.45) is 3.14. The van der Waals surface area contributed by atoms with Crippen LogP contribution in [0.4, 0.5) is 5.69 Å². The monoisotopic (exact) mass is 477 g/mol. The Bertz CT molecular complexity index is 1350. The summed E-state index contributed by atoms with van der Waals surface area (Å²) in [5.41, 5.74) is 2.70. The molecule has 0 aliphatic rings. The van der Waals surface area contributed by atoms with Crippen molar-refractivity contribution in [2.75, 3.05) is 11.8 Å². The van der Waals surface area contributed by atoms with Gasteiger partial charge in [0.25, 0.3) is 15.9 Å². The zero-order valence-electron chi connectivity index (χ0n) is 18.4. The normalized spacial score (nSPS) is 11.1. The topological polar surface area (TPSA) is 115 Å². The number of carbonyl (C=O) groups is 1. The molecule has 34 heavy (non-hydrogen) atoms. The summed E-state index contributed by atoms with van der Waals surface area (Å²) in [6.45, 7) is 0.964. The fourth-order valence-corrected chi connectivity index (χ4v) is 4.34. The van der Waals surface area contributed by atoms with Crippen molar-refractivity contribution in [3.8, 4) is 5.75 Å². The number of hydrogen-bond acceptors (Lipinski definition) is 6. The molecule has 4 aromatic rings. The van der Waals surface area contributed by atoms with Gasteiger partial charge in [0, 0.05) is 12.1 Å². The molecule has 174 valence electrons. The van der Waals surface area contributed by atoms with Gasteiger partial charge < -0.3 is 10.1 Å². The van der Waals surface area contributed by atoms with Crippen LogP contribution in [0.2, 0.25) is 0 Å². The van der Waals surface area contributed by atoms with Crippen LogP contribution in [0.1, 0.15) is 21.5 Å². The predicted molar refractivity (Wildman–Crippen MR) is 127 cm³/mol. The van der Waals surface area contributed by atoms with Crippen LogP contribution in [0.3, 0.4) is 0 Å². The summed E-state index contributed by atoms with van der Waals surface area (Å²) in [6, 6.07) is 20.3. The van der Waals surface area contributed by atoms with Crippen molar-refractivity contribution in [1.82, 2.24) is 20.1 Å². The molecule has 0 fully saturated rings. The number of nitrogens with zero attached hydrogens (tertiary/aromatic N) is 3. The molecule has 0 atom stereocenters. The molecule has 0 aliphatic heterocycles. The third kappa shape index (κ3) is 5.59. The molecule has 1 heterocycles. The van der Waals surface area contributed by atoms with Gasteiger partial charge in [-0.1, -0.05) is 36.4 Å². The molecule has 1 amide bonds. The van der Waals surface area contributed by atoms with Crippen molar-refractivity contribution in [1.29, 1.82) is 0 Å². The van der Waals surface area contributed by atoms with Crippen LogP contribution in [0.5, 0.6) is 5.75 Å². The van der Waals surface area contributed by atoms with E-state index >= 15 is 0 Å². The van der Waals surface area contributed by atoms with Crippen molar-refractivity contribution in [2.24, 2.45) is 0 Å². The minimum Gasteiger partial charge on any atom is -0.495 e. The number of rotatable bonds is 9. The van der Waals surface area contributed by atoms with Crippen LogP contribution in [0, 0.1) is 0 Å². The predicted octanol–water partition coefficient (Wildman–Crippen LogP) is 3.07. The Kier molecular flexibility index (Phi) is 6.88. The maximum atomic E-state index is 12.7. The molecule has 1 aromatic heterocycles. The van der Waals surface area contributed by atoms with E-state index in [1.54, 1.807) is 35.3 Å². The summed E-state index contributed by atoms with van der Waals surface area (Å²) < 4.78 is 34.8. The van der Waals surface area contributed by atoms with Gasteiger partial charge >= 0.3 is 0 Å². The lowest BCUT2D eigenvalue weighted by molar-refractivity contribution is 0.0951. The van der Waals surface area contributed by atoms with E-state index in [0.717, 1.165) is 11.1 Å². The van der Waals surface area contributed by atoms with Crippen LogP contribution in [-0.4, -0.2) is 36.2 Å². The summed E-state index contributed by atoms with van der Waals surface area (Å²) in [5.74, 6) is 0.113. The smallest absolute Gasteiger partial charge is 0.262 e. The van der Waals surface area contributed by atoms with E-state index in [-0.39, 0.29) is 10.8 Å². The second kappa shape index (κ2) is 10.2. The molecule has 0 bridgehead atoms.